The minimum Gasteiger partial charge on any atom is -0.489 e. The van der Waals surface area contributed by atoms with E-state index in [1.807, 2.05) is 72.9 Å². The first kappa shape index (κ1) is 20.5. The summed E-state index contributed by atoms with van der Waals surface area (Å²) in [6, 6.07) is 25.7. The molecule has 0 fully saturated rings. The Labute approximate surface area is 182 Å². The van der Waals surface area contributed by atoms with Gasteiger partial charge in [0.25, 0.3) is 0 Å². The van der Waals surface area contributed by atoms with Crippen LogP contribution < -0.4 is 4.74 Å². The summed E-state index contributed by atoms with van der Waals surface area (Å²) in [6.07, 6.45) is 7.03. The van der Waals surface area contributed by atoms with Crippen LogP contribution >= 0.6 is 0 Å². The van der Waals surface area contributed by atoms with E-state index in [0.29, 0.717) is 19.4 Å². The summed E-state index contributed by atoms with van der Waals surface area (Å²) >= 11 is 0. The normalized spacial score (nSPS) is 10.6. The van der Waals surface area contributed by atoms with Crippen molar-refractivity contribution in [3.8, 4) is 17.0 Å². The molecule has 0 spiro atoms. The molecule has 0 radical (unpaired) electrons. The fraction of sp³-hybridized carbons (Fsp3) is 0.148. The van der Waals surface area contributed by atoms with Crippen molar-refractivity contribution in [2.45, 2.75) is 25.9 Å². The molecule has 0 saturated heterocycles. The van der Waals surface area contributed by atoms with Crippen molar-refractivity contribution < 1.29 is 9.53 Å². The van der Waals surface area contributed by atoms with Gasteiger partial charge in [-0.2, -0.15) is 0 Å². The number of aryl methyl sites for hydroxylation is 1. The largest absolute Gasteiger partial charge is 0.489 e. The van der Waals surface area contributed by atoms with E-state index in [9.17, 15) is 4.79 Å². The molecular formula is C27H24N2O2. The number of ketones is 1. The highest BCUT2D eigenvalue weighted by molar-refractivity contribution is 5.81. The first-order chi connectivity index (χ1) is 15.3. The molecule has 4 heteroatoms. The van der Waals surface area contributed by atoms with Crippen molar-refractivity contribution in [1.82, 2.24) is 9.97 Å². The maximum absolute atomic E-state index is 12.3. The number of Topliss-reactive ketones (excluding diaryl/α,β-unsaturated/α-hetero) is 1. The van der Waals surface area contributed by atoms with Gasteiger partial charge in [0, 0.05) is 37.0 Å². The molecule has 0 bridgehead atoms. The minimum absolute atomic E-state index is 0.224. The van der Waals surface area contributed by atoms with E-state index in [0.717, 1.165) is 40.1 Å². The van der Waals surface area contributed by atoms with E-state index < -0.39 is 0 Å². The number of benzene rings is 2. The van der Waals surface area contributed by atoms with Crippen LogP contribution in [0, 0.1) is 0 Å². The van der Waals surface area contributed by atoms with Crippen molar-refractivity contribution in [3.63, 3.8) is 0 Å². The van der Waals surface area contributed by atoms with Crippen LogP contribution in [0.4, 0.5) is 0 Å². The van der Waals surface area contributed by atoms with Gasteiger partial charge in [0.05, 0.1) is 5.69 Å². The SMILES string of the molecule is O=C(CCc1cccnc1)Cc1ccc(OCc2ccccc2-c2ccccn2)cc1. The molecule has 2 aromatic carbocycles. The zero-order chi connectivity index (χ0) is 21.3. The predicted molar refractivity (Wildman–Crippen MR) is 122 cm³/mol. The number of hydrogen-bond donors (Lipinski definition) is 0. The maximum Gasteiger partial charge on any atom is 0.137 e. The van der Waals surface area contributed by atoms with Gasteiger partial charge in [0.1, 0.15) is 18.1 Å². The van der Waals surface area contributed by atoms with Crippen molar-refractivity contribution in [3.05, 3.63) is 114 Å². The van der Waals surface area contributed by atoms with E-state index in [4.69, 9.17) is 4.74 Å². The number of ether oxygens (including phenoxy) is 1. The van der Waals surface area contributed by atoms with Crippen molar-refractivity contribution in [2.24, 2.45) is 0 Å². The molecule has 154 valence electrons. The summed E-state index contributed by atoms with van der Waals surface area (Å²) < 4.78 is 6.00. The van der Waals surface area contributed by atoms with Crippen LogP contribution in [-0.4, -0.2) is 15.8 Å². The zero-order valence-corrected chi connectivity index (χ0v) is 17.3. The van der Waals surface area contributed by atoms with Crippen LogP contribution in [-0.2, 0) is 24.2 Å². The number of hydrogen-bond acceptors (Lipinski definition) is 4. The predicted octanol–water partition coefficient (Wildman–Crippen LogP) is 5.47. The molecule has 4 rings (SSSR count). The minimum atomic E-state index is 0.224. The van der Waals surface area contributed by atoms with Gasteiger partial charge in [-0.25, -0.2) is 0 Å². The Morgan fingerprint density at radius 3 is 2.42 bits per heavy atom. The lowest BCUT2D eigenvalue weighted by Crippen LogP contribution is -2.04. The molecule has 0 atom stereocenters. The van der Waals surface area contributed by atoms with Crippen molar-refractivity contribution >= 4 is 5.78 Å². The maximum atomic E-state index is 12.3. The molecule has 0 N–H and O–H groups in total. The van der Waals surface area contributed by atoms with Crippen LogP contribution in [0.2, 0.25) is 0 Å². The first-order valence-electron chi connectivity index (χ1n) is 10.4. The fourth-order valence-electron chi connectivity index (χ4n) is 3.43. The molecule has 0 aliphatic heterocycles. The Morgan fingerprint density at radius 2 is 1.65 bits per heavy atom. The number of rotatable bonds is 9. The van der Waals surface area contributed by atoms with Gasteiger partial charge in [-0.3, -0.25) is 14.8 Å². The van der Waals surface area contributed by atoms with Crippen molar-refractivity contribution in [2.75, 3.05) is 0 Å². The second-order valence-electron chi connectivity index (χ2n) is 7.38. The van der Waals surface area contributed by atoms with Gasteiger partial charge >= 0.3 is 0 Å². The third-order valence-electron chi connectivity index (χ3n) is 5.09. The molecule has 0 amide bonds. The summed E-state index contributed by atoms with van der Waals surface area (Å²) in [7, 11) is 0. The zero-order valence-electron chi connectivity index (χ0n) is 17.3. The van der Waals surface area contributed by atoms with Gasteiger partial charge in [0.2, 0.25) is 0 Å². The third-order valence-corrected chi connectivity index (χ3v) is 5.09. The average molecular weight is 409 g/mol. The number of aromatic nitrogens is 2. The summed E-state index contributed by atoms with van der Waals surface area (Å²) in [5.74, 6) is 1.00. The summed E-state index contributed by atoms with van der Waals surface area (Å²) in [5.41, 5.74) is 5.17. The Morgan fingerprint density at radius 1 is 0.806 bits per heavy atom. The summed E-state index contributed by atoms with van der Waals surface area (Å²) in [5, 5.41) is 0. The molecule has 0 aliphatic rings. The topological polar surface area (TPSA) is 52.1 Å². The van der Waals surface area contributed by atoms with E-state index in [1.165, 1.54) is 0 Å². The highest BCUT2D eigenvalue weighted by Gasteiger charge is 2.08. The Hall–Kier alpha value is -3.79. The van der Waals surface area contributed by atoms with Crippen LogP contribution in [0.3, 0.4) is 0 Å². The molecule has 31 heavy (non-hydrogen) atoms. The van der Waals surface area contributed by atoms with Gasteiger partial charge in [-0.1, -0.05) is 48.5 Å². The second-order valence-corrected chi connectivity index (χ2v) is 7.38. The molecule has 2 heterocycles. The van der Waals surface area contributed by atoms with E-state index >= 15 is 0 Å². The number of pyridine rings is 2. The average Bonchev–Trinajstić information content (AvgIpc) is 2.84. The van der Waals surface area contributed by atoms with Crippen LogP contribution in [0.15, 0.2) is 97.5 Å². The monoisotopic (exact) mass is 408 g/mol. The molecule has 0 unspecified atom stereocenters. The Bertz CT molecular complexity index is 1110. The van der Waals surface area contributed by atoms with Gasteiger partial charge in [-0.15, -0.1) is 0 Å². The van der Waals surface area contributed by atoms with Gasteiger partial charge < -0.3 is 4.74 Å². The standard InChI is InChI=1S/C27H24N2O2/c30-24(13-10-22-6-5-16-28-19-22)18-21-11-14-25(15-12-21)31-20-23-7-1-2-8-26(23)27-9-3-4-17-29-27/h1-9,11-12,14-17,19H,10,13,18,20H2. The fourth-order valence-corrected chi connectivity index (χ4v) is 3.43. The van der Waals surface area contributed by atoms with E-state index in [-0.39, 0.29) is 5.78 Å². The Kier molecular flexibility index (Phi) is 6.81. The molecule has 4 aromatic rings. The molecular weight excluding hydrogens is 384 g/mol. The van der Waals surface area contributed by atoms with Gasteiger partial charge in [-0.05, 0) is 53.4 Å². The lowest BCUT2D eigenvalue weighted by atomic mass is 10.0. The van der Waals surface area contributed by atoms with E-state index in [2.05, 4.69) is 22.1 Å². The third kappa shape index (κ3) is 5.86. The van der Waals surface area contributed by atoms with Crippen LogP contribution in [0.25, 0.3) is 11.3 Å². The lowest BCUT2D eigenvalue weighted by Gasteiger charge is -2.11. The molecule has 4 nitrogen and oxygen atoms in total. The van der Waals surface area contributed by atoms with E-state index in [1.54, 1.807) is 12.4 Å². The molecule has 0 aliphatic carbocycles. The quantitative estimate of drug-likeness (QED) is 0.369. The molecule has 2 aromatic heterocycles. The number of carbonyl (C=O) groups is 1. The van der Waals surface area contributed by atoms with Crippen LogP contribution in [0.5, 0.6) is 5.75 Å². The van der Waals surface area contributed by atoms with Crippen LogP contribution in [0.1, 0.15) is 23.1 Å². The first-order valence-corrected chi connectivity index (χ1v) is 10.4. The highest BCUT2D eigenvalue weighted by Crippen LogP contribution is 2.23. The summed E-state index contributed by atoms with van der Waals surface area (Å²) in [4.78, 5) is 20.8. The lowest BCUT2D eigenvalue weighted by molar-refractivity contribution is -0.118. The highest BCUT2D eigenvalue weighted by atomic mass is 16.5. The smallest absolute Gasteiger partial charge is 0.137 e. The Balaban J connectivity index is 1.32. The van der Waals surface area contributed by atoms with Crippen molar-refractivity contribution in [1.29, 1.82) is 0 Å². The molecule has 0 saturated carbocycles. The van der Waals surface area contributed by atoms with Gasteiger partial charge in [0.15, 0.2) is 0 Å². The second kappa shape index (κ2) is 10.3. The number of carbonyl (C=O) groups excluding carboxylic acids is 1. The number of nitrogens with zero attached hydrogens (tertiary/aromatic N) is 2. The summed E-state index contributed by atoms with van der Waals surface area (Å²) in [6.45, 7) is 0.454.